The third kappa shape index (κ3) is 5.47. The zero-order chi connectivity index (χ0) is 21.1. The highest BCUT2D eigenvalue weighted by atomic mass is 32.2. The number of carbonyl (C=O) groups is 1. The number of benzene rings is 1. The zero-order valence-corrected chi connectivity index (χ0v) is 18.8. The summed E-state index contributed by atoms with van der Waals surface area (Å²) >= 11 is 0. The van der Waals surface area contributed by atoms with Crippen LogP contribution in [-0.4, -0.2) is 33.0 Å². The fourth-order valence-electron chi connectivity index (χ4n) is 3.23. The van der Waals surface area contributed by atoms with E-state index in [9.17, 15) is 13.2 Å². The predicted molar refractivity (Wildman–Crippen MR) is 115 cm³/mol. The van der Waals surface area contributed by atoms with Gasteiger partial charge in [0.1, 0.15) is 4.90 Å². The van der Waals surface area contributed by atoms with Gasteiger partial charge in [-0.15, -0.1) is 0 Å². The van der Waals surface area contributed by atoms with Gasteiger partial charge in [-0.2, -0.15) is 0 Å². The first-order valence-electron chi connectivity index (χ1n) is 10.2. The fraction of sp³-hybridized carbons (Fsp3) is 0.667. The van der Waals surface area contributed by atoms with Crippen LogP contribution in [0.25, 0.3) is 0 Å². The first-order chi connectivity index (χ1) is 13.0. The number of carbonyl (C=O) groups excluding carboxylic acids is 1. The van der Waals surface area contributed by atoms with Crippen LogP contribution in [0.2, 0.25) is 0 Å². The smallest absolute Gasteiger partial charge is 0.242 e. The highest BCUT2D eigenvalue weighted by Gasteiger charge is 2.28. The molecule has 2 rings (SSSR count). The summed E-state index contributed by atoms with van der Waals surface area (Å²) in [6.07, 6.45) is 3.95. The van der Waals surface area contributed by atoms with Gasteiger partial charge in [0.25, 0.3) is 0 Å². The third-order valence-electron chi connectivity index (χ3n) is 5.27. The molecule has 0 aromatic heterocycles. The number of nitrogens with one attached hydrogen (secondary N) is 2. The van der Waals surface area contributed by atoms with Crippen molar-refractivity contribution in [3.8, 4) is 0 Å². The molecule has 2 atom stereocenters. The van der Waals surface area contributed by atoms with Gasteiger partial charge < -0.3 is 10.2 Å². The van der Waals surface area contributed by atoms with E-state index in [1.807, 2.05) is 40.7 Å². The molecule has 1 aromatic carbocycles. The van der Waals surface area contributed by atoms with E-state index in [1.54, 1.807) is 12.1 Å². The fourth-order valence-corrected chi connectivity index (χ4v) is 4.80. The van der Waals surface area contributed by atoms with E-state index in [1.165, 1.54) is 0 Å². The molecule has 1 aliphatic heterocycles. The molecule has 7 heteroatoms. The van der Waals surface area contributed by atoms with Gasteiger partial charge in [-0.3, -0.25) is 4.79 Å². The second-order valence-corrected chi connectivity index (χ2v) is 10.5. The molecule has 1 aromatic rings. The summed E-state index contributed by atoms with van der Waals surface area (Å²) in [5, 5.41) is 2.85. The van der Waals surface area contributed by atoms with E-state index in [0.717, 1.165) is 25.8 Å². The Morgan fingerprint density at radius 2 is 1.96 bits per heavy atom. The summed E-state index contributed by atoms with van der Waals surface area (Å²) in [4.78, 5) is 14.8. The van der Waals surface area contributed by atoms with Crippen LogP contribution in [0.3, 0.4) is 0 Å². The first kappa shape index (κ1) is 22.7. The Labute approximate surface area is 170 Å². The Kier molecular flexibility index (Phi) is 7.15. The minimum absolute atomic E-state index is 0.148. The predicted octanol–water partition coefficient (Wildman–Crippen LogP) is 4.13. The SMILES string of the molecule is CCC(C)NS(=O)(=O)c1cc(NC(=O)C(C)(C)C)ccc1N1CCCCC1C. The van der Waals surface area contributed by atoms with Crippen molar-refractivity contribution in [3.05, 3.63) is 18.2 Å². The van der Waals surface area contributed by atoms with Crippen molar-refractivity contribution in [1.82, 2.24) is 4.72 Å². The van der Waals surface area contributed by atoms with Crippen LogP contribution in [0.15, 0.2) is 23.1 Å². The number of sulfonamides is 1. The largest absolute Gasteiger partial charge is 0.368 e. The molecule has 1 aliphatic rings. The van der Waals surface area contributed by atoms with Gasteiger partial charge in [0.05, 0.1) is 5.69 Å². The highest BCUT2D eigenvalue weighted by Crippen LogP contribution is 2.33. The first-order valence-corrected chi connectivity index (χ1v) is 11.7. The van der Waals surface area contributed by atoms with Crippen LogP contribution in [-0.2, 0) is 14.8 Å². The van der Waals surface area contributed by atoms with Gasteiger partial charge in [-0.25, -0.2) is 13.1 Å². The second kappa shape index (κ2) is 8.82. The van der Waals surface area contributed by atoms with Gasteiger partial charge in [0, 0.05) is 29.7 Å². The molecular weight excluding hydrogens is 374 g/mol. The van der Waals surface area contributed by atoms with Crippen LogP contribution in [0.5, 0.6) is 0 Å². The van der Waals surface area contributed by atoms with Crippen LogP contribution in [0, 0.1) is 5.41 Å². The average Bonchev–Trinajstić information content (AvgIpc) is 2.61. The molecule has 1 saturated heterocycles. The maximum absolute atomic E-state index is 13.2. The quantitative estimate of drug-likeness (QED) is 0.740. The molecule has 0 spiro atoms. The zero-order valence-electron chi connectivity index (χ0n) is 18.0. The summed E-state index contributed by atoms with van der Waals surface area (Å²) < 4.78 is 29.1. The molecule has 2 N–H and O–H groups in total. The van der Waals surface area contributed by atoms with Gasteiger partial charge >= 0.3 is 0 Å². The summed E-state index contributed by atoms with van der Waals surface area (Å²) in [5.74, 6) is -0.148. The van der Waals surface area contributed by atoms with E-state index in [0.29, 0.717) is 17.8 Å². The van der Waals surface area contributed by atoms with Crippen LogP contribution >= 0.6 is 0 Å². The molecule has 28 heavy (non-hydrogen) atoms. The van der Waals surface area contributed by atoms with Crippen molar-refractivity contribution in [2.24, 2.45) is 5.41 Å². The number of amides is 1. The van der Waals surface area contributed by atoms with Gasteiger partial charge in [-0.05, 0) is 57.7 Å². The van der Waals surface area contributed by atoms with E-state index in [-0.39, 0.29) is 22.9 Å². The van der Waals surface area contributed by atoms with Crippen molar-refractivity contribution in [2.75, 3.05) is 16.8 Å². The van der Waals surface area contributed by atoms with E-state index in [2.05, 4.69) is 21.9 Å². The Balaban J connectivity index is 2.48. The number of hydrogen-bond acceptors (Lipinski definition) is 4. The van der Waals surface area contributed by atoms with Gasteiger partial charge in [0.15, 0.2) is 0 Å². The molecular formula is C21H35N3O3S. The lowest BCUT2D eigenvalue weighted by molar-refractivity contribution is -0.123. The average molecular weight is 410 g/mol. The lowest BCUT2D eigenvalue weighted by Crippen LogP contribution is -2.39. The van der Waals surface area contributed by atoms with E-state index < -0.39 is 15.4 Å². The number of hydrogen-bond donors (Lipinski definition) is 2. The third-order valence-corrected chi connectivity index (χ3v) is 6.89. The minimum atomic E-state index is -3.71. The Morgan fingerprint density at radius 1 is 1.29 bits per heavy atom. The molecule has 0 radical (unpaired) electrons. The Morgan fingerprint density at radius 3 is 2.54 bits per heavy atom. The van der Waals surface area contributed by atoms with Gasteiger partial charge in [0.2, 0.25) is 15.9 Å². The molecule has 158 valence electrons. The van der Waals surface area contributed by atoms with Crippen LogP contribution in [0.4, 0.5) is 11.4 Å². The molecule has 2 unspecified atom stereocenters. The lowest BCUT2D eigenvalue weighted by Gasteiger charge is -2.36. The van der Waals surface area contributed by atoms with Crippen molar-refractivity contribution >= 4 is 27.3 Å². The normalized spacial score (nSPS) is 19.4. The molecule has 1 heterocycles. The van der Waals surface area contributed by atoms with Crippen molar-refractivity contribution in [3.63, 3.8) is 0 Å². The summed E-state index contributed by atoms with van der Waals surface area (Å²) in [7, 11) is -3.71. The minimum Gasteiger partial charge on any atom is -0.368 e. The number of anilines is 2. The number of rotatable bonds is 6. The molecule has 1 amide bonds. The Bertz CT molecular complexity index is 800. The van der Waals surface area contributed by atoms with Crippen LogP contribution in [0.1, 0.15) is 67.2 Å². The standard InChI is InChI=1S/C21H35N3O3S/c1-7-15(2)23-28(26,27)19-14-17(22-20(25)21(4,5)6)11-12-18(19)24-13-9-8-10-16(24)3/h11-12,14-16,23H,7-10,13H2,1-6H3,(H,22,25). The van der Waals surface area contributed by atoms with E-state index in [4.69, 9.17) is 0 Å². The Hall–Kier alpha value is -1.60. The van der Waals surface area contributed by atoms with E-state index >= 15 is 0 Å². The van der Waals surface area contributed by atoms with Crippen molar-refractivity contribution in [1.29, 1.82) is 0 Å². The van der Waals surface area contributed by atoms with Gasteiger partial charge in [-0.1, -0.05) is 27.7 Å². The van der Waals surface area contributed by atoms with Crippen LogP contribution < -0.4 is 14.9 Å². The molecule has 6 nitrogen and oxygen atoms in total. The molecule has 1 fully saturated rings. The molecule has 0 bridgehead atoms. The molecule has 0 saturated carbocycles. The summed E-state index contributed by atoms with van der Waals surface area (Å²) in [6, 6.07) is 5.32. The van der Waals surface area contributed by atoms with Crippen molar-refractivity contribution < 1.29 is 13.2 Å². The second-order valence-electron chi connectivity index (χ2n) is 8.86. The summed E-state index contributed by atoms with van der Waals surface area (Å²) in [5.41, 5.74) is 0.642. The van der Waals surface area contributed by atoms with Crippen molar-refractivity contribution in [2.45, 2.75) is 84.2 Å². The number of piperidine rings is 1. The lowest BCUT2D eigenvalue weighted by atomic mass is 9.95. The highest BCUT2D eigenvalue weighted by molar-refractivity contribution is 7.89. The monoisotopic (exact) mass is 409 g/mol. The topological polar surface area (TPSA) is 78.5 Å². The molecule has 0 aliphatic carbocycles. The maximum atomic E-state index is 13.2. The number of nitrogens with zero attached hydrogens (tertiary/aromatic N) is 1. The maximum Gasteiger partial charge on any atom is 0.242 e. The summed E-state index contributed by atoms with van der Waals surface area (Å²) in [6.45, 7) is 12.2.